The molecule has 1 saturated heterocycles. The molecule has 1 fully saturated rings. The van der Waals surface area contributed by atoms with E-state index in [1.54, 1.807) is 18.5 Å². The van der Waals surface area contributed by atoms with Gasteiger partial charge in [0.15, 0.2) is 11.5 Å². The average Bonchev–Trinajstić information content (AvgIpc) is 3.37. The lowest BCUT2D eigenvalue weighted by Gasteiger charge is -2.18. The fourth-order valence-electron chi connectivity index (χ4n) is 3.46. The molecule has 2 N–H and O–H groups in total. The first-order chi connectivity index (χ1) is 14.4. The molecule has 4 rings (SSSR count). The zero-order chi connectivity index (χ0) is 21.3. The number of Topliss-reactive ketones (excluding diaryl/α,β-unsaturated/α-hetero) is 1. The lowest BCUT2D eigenvalue weighted by Crippen LogP contribution is -2.30. The molecule has 2 aromatic rings. The Bertz CT molecular complexity index is 1050. The molecule has 30 heavy (non-hydrogen) atoms. The van der Waals surface area contributed by atoms with E-state index < -0.39 is 5.79 Å². The Labute approximate surface area is 174 Å². The number of aromatic amines is 1. The lowest BCUT2D eigenvalue weighted by molar-refractivity contribution is -0.137. The number of aromatic nitrogens is 2. The summed E-state index contributed by atoms with van der Waals surface area (Å²) >= 11 is 0. The van der Waals surface area contributed by atoms with Gasteiger partial charge in [-0.05, 0) is 39.0 Å². The summed E-state index contributed by atoms with van der Waals surface area (Å²) in [5.74, 6) is -0.173. The highest BCUT2D eigenvalue weighted by atomic mass is 16.7. The van der Waals surface area contributed by atoms with Gasteiger partial charge in [0, 0.05) is 29.9 Å². The van der Waals surface area contributed by atoms with Crippen LogP contribution in [0.5, 0.6) is 0 Å². The van der Waals surface area contributed by atoms with Gasteiger partial charge in [0.2, 0.25) is 11.7 Å². The maximum Gasteiger partial charge on any atom is 0.237 e. The van der Waals surface area contributed by atoms with Gasteiger partial charge in [0.05, 0.1) is 13.2 Å². The Balaban J connectivity index is 1.57. The van der Waals surface area contributed by atoms with E-state index in [0.717, 1.165) is 16.6 Å². The molecule has 1 atom stereocenters. The SMILES string of the molecule is C=C(OCC)C1=C(NCC2COC(C)(C)O2)O/C(=C\c2c[nH]c3ncccc23)C1=O. The van der Waals surface area contributed by atoms with Gasteiger partial charge in [-0.15, -0.1) is 0 Å². The van der Waals surface area contributed by atoms with Crippen LogP contribution >= 0.6 is 0 Å². The number of ether oxygens (including phenoxy) is 4. The Morgan fingerprint density at radius 3 is 3.07 bits per heavy atom. The lowest BCUT2D eigenvalue weighted by atomic mass is 10.1. The first-order valence-electron chi connectivity index (χ1n) is 9.86. The molecule has 0 aromatic carbocycles. The molecule has 0 bridgehead atoms. The summed E-state index contributed by atoms with van der Waals surface area (Å²) in [5.41, 5.74) is 1.82. The van der Waals surface area contributed by atoms with Crippen molar-refractivity contribution in [3.05, 3.63) is 59.6 Å². The second-order valence-corrected chi connectivity index (χ2v) is 7.48. The van der Waals surface area contributed by atoms with Crippen LogP contribution in [-0.4, -0.2) is 47.4 Å². The standard InChI is InChI=1S/C22H25N3O5/c1-5-27-13(2)18-19(26)17(9-14-10-24-20-16(14)7-6-8-23-20)29-21(18)25-11-15-12-28-22(3,4)30-15/h6-10,15,25H,2,5,11-12H2,1,3-4H3,(H,23,24)/b17-9-. The number of H-pyrrole nitrogens is 1. The third kappa shape index (κ3) is 3.96. The van der Waals surface area contributed by atoms with E-state index in [2.05, 4.69) is 21.9 Å². The van der Waals surface area contributed by atoms with Gasteiger partial charge < -0.3 is 29.2 Å². The first kappa shape index (κ1) is 20.2. The molecule has 2 aliphatic heterocycles. The third-order valence-corrected chi connectivity index (χ3v) is 4.81. The summed E-state index contributed by atoms with van der Waals surface area (Å²) in [7, 11) is 0. The quantitative estimate of drug-likeness (QED) is 0.534. The van der Waals surface area contributed by atoms with Crippen LogP contribution in [0.15, 0.2) is 54.1 Å². The Hall–Kier alpha value is -3.10. The molecule has 0 radical (unpaired) electrons. The molecule has 0 aliphatic carbocycles. The largest absolute Gasteiger partial charge is 0.494 e. The molecular formula is C22H25N3O5. The van der Waals surface area contributed by atoms with Crippen LogP contribution < -0.4 is 5.32 Å². The van der Waals surface area contributed by atoms with E-state index in [1.807, 2.05) is 32.9 Å². The van der Waals surface area contributed by atoms with Crippen molar-refractivity contribution in [3.8, 4) is 0 Å². The van der Waals surface area contributed by atoms with E-state index in [0.29, 0.717) is 25.6 Å². The van der Waals surface area contributed by atoms with Crippen LogP contribution in [0.4, 0.5) is 0 Å². The van der Waals surface area contributed by atoms with Crippen molar-refractivity contribution >= 4 is 22.9 Å². The number of pyridine rings is 1. The van der Waals surface area contributed by atoms with Crippen molar-refractivity contribution in [3.63, 3.8) is 0 Å². The van der Waals surface area contributed by atoms with E-state index in [1.165, 1.54) is 0 Å². The van der Waals surface area contributed by atoms with Crippen molar-refractivity contribution in [1.82, 2.24) is 15.3 Å². The number of nitrogens with one attached hydrogen (secondary N) is 2. The van der Waals surface area contributed by atoms with Crippen LogP contribution in [0, 0.1) is 0 Å². The Kier molecular flexibility index (Phi) is 5.36. The number of fused-ring (bicyclic) bond motifs is 1. The maximum atomic E-state index is 13.1. The van der Waals surface area contributed by atoms with Crippen LogP contribution in [0.25, 0.3) is 17.1 Å². The van der Waals surface area contributed by atoms with Gasteiger partial charge in [0.1, 0.15) is 23.1 Å². The van der Waals surface area contributed by atoms with E-state index in [-0.39, 0.29) is 29.0 Å². The number of nitrogens with zero attached hydrogens (tertiary/aromatic N) is 1. The highest BCUT2D eigenvalue weighted by molar-refractivity contribution is 6.14. The summed E-state index contributed by atoms with van der Waals surface area (Å²) in [6.45, 7) is 10.7. The number of ketones is 1. The number of hydrogen-bond donors (Lipinski definition) is 2. The van der Waals surface area contributed by atoms with Crippen LogP contribution in [-0.2, 0) is 23.7 Å². The van der Waals surface area contributed by atoms with Crippen molar-refractivity contribution in [2.45, 2.75) is 32.7 Å². The number of allylic oxidation sites excluding steroid dienone is 2. The minimum Gasteiger partial charge on any atom is -0.494 e. The Morgan fingerprint density at radius 2 is 2.33 bits per heavy atom. The average molecular weight is 411 g/mol. The molecule has 2 aromatic heterocycles. The molecule has 0 amide bonds. The maximum absolute atomic E-state index is 13.1. The van der Waals surface area contributed by atoms with Gasteiger partial charge in [-0.1, -0.05) is 6.58 Å². The summed E-state index contributed by atoms with van der Waals surface area (Å²) in [5, 5.41) is 4.05. The smallest absolute Gasteiger partial charge is 0.237 e. The predicted octanol–water partition coefficient (Wildman–Crippen LogP) is 3.01. The minimum atomic E-state index is -0.626. The molecule has 0 spiro atoms. The van der Waals surface area contributed by atoms with Crippen molar-refractivity contribution in [2.24, 2.45) is 0 Å². The van der Waals surface area contributed by atoms with Gasteiger partial charge in [0.25, 0.3) is 0 Å². The van der Waals surface area contributed by atoms with E-state index in [4.69, 9.17) is 18.9 Å². The summed E-state index contributed by atoms with van der Waals surface area (Å²) in [4.78, 5) is 20.4. The van der Waals surface area contributed by atoms with Crippen molar-refractivity contribution in [2.75, 3.05) is 19.8 Å². The van der Waals surface area contributed by atoms with Crippen molar-refractivity contribution in [1.29, 1.82) is 0 Å². The molecular weight excluding hydrogens is 386 g/mol. The molecule has 4 heterocycles. The van der Waals surface area contributed by atoms with Gasteiger partial charge in [-0.3, -0.25) is 4.79 Å². The van der Waals surface area contributed by atoms with Crippen molar-refractivity contribution < 1.29 is 23.7 Å². The third-order valence-electron chi connectivity index (χ3n) is 4.81. The summed E-state index contributed by atoms with van der Waals surface area (Å²) in [6, 6.07) is 3.77. The fourth-order valence-corrected chi connectivity index (χ4v) is 3.46. The molecule has 8 nitrogen and oxygen atoms in total. The van der Waals surface area contributed by atoms with E-state index in [9.17, 15) is 4.79 Å². The van der Waals surface area contributed by atoms with Gasteiger partial charge in [-0.25, -0.2) is 4.98 Å². The highest BCUT2D eigenvalue weighted by Crippen LogP contribution is 2.31. The van der Waals surface area contributed by atoms with Crippen LogP contribution in [0.2, 0.25) is 0 Å². The molecule has 8 heteroatoms. The van der Waals surface area contributed by atoms with Gasteiger partial charge >= 0.3 is 0 Å². The first-order valence-corrected chi connectivity index (χ1v) is 9.86. The minimum absolute atomic E-state index is 0.166. The second kappa shape index (κ2) is 7.97. The van der Waals surface area contributed by atoms with Crippen LogP contribution in [0.3, 0.4) is 0 Å². The topological polar surface area (TPSA) is 94.7 Å². The zero-order valence-corrected chi connectivity index (χ0v) is 17.3. The van der Waals surface area contributed by atoms with Gasteiger partial charge in [-0.2, -0.15) is 0 Å². The molecule has 0 saturated carbocycles. The normalized spacial score (nSPS) is 22.0. The summed E-state index contributed by atoms with van der Waals surface area (Å²) < 4.78 is 22.8. The number of carbonyl (C=O) groups is 1. The molecule has 158 valence electrons. The molecule has 1 unspecified atom stereocenters. The number of rotatable bonds is 7. The van der Waals surface area contributed by atoms with E-state index >= 15 is 0 Å². The fraction of sp³-hybridized carbons (Fsp3) is 0.364. The van der Waals surface area contributed by atoms with Crippen LogP contribution in [0.1, 0.15) is 26.3 Å². The Morgan fingerprint density at radius 1 is 1.50 bits per heavy atom. The zero-order valence-electron chi connectivity index (χ0n) is 17.3. The summed E-state index contributed by atoms with van der Waals surface area (Å²) in [6.07, 6.45) is 5.02. The monoisotopic (exact) mass is 411 g/mol. The number of hydrogen-bond acceptors (Lipinski definition) is 7. The molecule has 2 aliphatic rings. The second-order valence-electron chi connectivity index (χ2n) is 7.48. The number of carbonyl (C=O) groups excluding carboxylic acids is 1. The predicted molar refractivity (Wildman–Crippen MR) is 111 cm³/mol. The highest BCUT2D eigenvalue weighted by Gasteiger charge is 2.36.